The molecule has 0 bridgehead atoms. The molecule has 206 valence electrons. The van der Waals surface area contributed by atoms with E-state index in [1.54, 1.807) is 56.7 Å². The average molecular weight is 552 g/mol. The third kappa shape index (κ3) is 5.04. The average Bonchev–Trinajstić information content (AvgIpc) is 3.57. The quantitative estimate of drug-likeness (QED) is 0.299. The minimum atomic E-state index is -3.97. The van der Waals surface area contributed by atoms with Crippen LogP contribution in [-0.2, 0) is 19.3 Å². The lowest BCUT2D eigenvalue weighted by Crippen LogP contribution is -2.31. The maximum absolute atomic E-state index is 13.8. The zero-order valence-corrected chi connectivity index (χ0v) is 23.1. The first-order chi connectivity index (χ1) is 18.7. The van der Waals surface area contributed by atoms with E-state index in [0.717, 1.165) is 18.2 Å². The summed E-state index contributed by atoms with van der Waals surface area (Å²) in [5.74, 6) is 0.626. The molecular weight excluding hydrogens is 518 g/mol. The van der Waals surface area contributed by atoms with Crippen molar-refractivity contribution in [3.05, 3.63) is 61.1 Å². The van der Waals surface area contributed by atoms with Crippen molar-refractivity contribution in [2.75, 3.05) is 20.7 Å². The number of ether oxygens (including phenoxy) is 2. The van der Waals surface area contributed by atoms with Gasteiger partial charge in [0.25, 0.3) is 0 Å². The smallest absolute Gasteiger partial charge is 0.409 e. The van der Waals surface area contributed by atoms with Gasteiger partial charge in [-0.25, -0.2) is 23.2 Å². The molecule has 5 rings (SSSR count). The Labute approximate surface area is 227 Å². The molecule has 4 aromatic rings. The van der Waals surface area contributed by atoms with Gasteiger partial charge in [-0.1, -0.05) is 24.3 Å². The summed E-state index contributed by atoms with van der Waals surface area (Å²) in [7, 11) is -0.635. The number of pyridine rings is 1. The third-order valence-corrected chi connectivity index (χ3v) is 8.80. The fraction of sp³-hybridized carbons (Fsp3) is 0.393. The maximum atomic E-state index is 13.8. The summed E-state index contributed by atoms with van der Waals surface area (Å²) >= 11 is 0. The molecule has 0 unspecified atom stereocenters. The van der Waals surface area contributed by atoms with Crippen LogP contribution in [0.25, 0.3) is 22.1 Å². The topological polar surface area (TPSA) is 119 Å². The van der Waals surface area contributed by atoms with Gasteiger partial charge in [0.15, 0.2) is 5.03 Å². The fourth-order valence-electron chi connectivity index (χ4n) is 5.17. The van der Waals surface area contributed by atoms with Crippen molar-refractivity contribution >= 4 is 38.0 Å². The molecule has 1 amide bonds. The number of rotatable bonds is 8. The Morgan fingerprint density at radius 1 is 1.18 bits per heavy atom. The largest absolute Gasteiger partial charge is 0.446 e. The first-order valence-electron chi connectivity index (χ1n) is 13.0. The molecule has 1 atom stereocenters. The van der Waals surface area contributed by atoms with Crippen molar-refractivity contribution in [3.8, 4) is 0 Å². The van der Waals surface area contributed by atoms with Crippen LogP contribution in [0.3, 0.4) is 0 Å². The number of aromatic amines is 1. The molecule has 1 aliphatic rings. The molecule has 1 aromatic carbocycles. The molecule has 1 fully saturated rings. The van der Waals surface area contributed by atoms with Crippen molar-refractivity contribution in [2.24, 2.45) is 0 Å². The number of nitrogens with zero attached hydrogens (tertiary/aromatic N) is 4. The van der Waals surface area contributed by atoms with E-state index >= 15 is 0 Å². The van der Waals surface area contributed by atoms with Crippen molar-refractivity contribution in [2.45, 2.75) is 60.8 Å². The Kier molecular flexibility index (Phi) is 7.46. The first-order valence-corrected chi connectivity index (χ1v) is 14.5. The number of H-pyrrole nitrogens is 1. The zero-order valence-electron chi connectivity index (χ0n) is 22.3. The summed E-state index contributed by atoms with van der Waals surface area (Å²) in [5.41, 5.74) is 1.49. The van der Waals surface area contributed by atoms with E-state index in [0.29, 0.717) is 42.0 Å². The molecule has 39 heavy (non-hydrogen) atoms. The lowest BCUT2D eigenvalue weighted by Gasteiger charge is -2.31. The van der Waals surface area contributed by atoms with Crippen LogP contribution in [-0.4, -0.2) is 65.7 Å². The number of hydrogen-bond acceptors (Lipinski definition) is 7. The predicted octanol–water partition coefficient (Wildman–Crippen LogP) is 5.19. The molecule has 1 N–H and O–H groups in total. The van der Waals surface area contributed by atoms with Gasteiger partial charge in [-0.3, -0.25) is 0 Å². The van der Waals surface area contributed by atoms with E-state index in [-0.39, 0.29) is 28.2 Å². The number of carbonyl (C=O) groups is 1. The van der Waals surface area contributed by atoms with Gasteiger partial charge in [0.2, 0.25) is 9.84 Å². The Morgan fingerprint density at radius 3 is 2.56 bits per heavy atom. The van der Waals surface area contributed by atoms with Crippen LogP contribution in [0.4, 0.5) is 4.79 Å². The summed E-state index contributed by atoms with van der Waals surface area (Å²) in [6, 6.07) is 10.2. The van der Waals surface area contributed by atoms with Gasteiger partial charge in [0, 0.05) is 31.7 Å². The van der Waals surface area contributed by atoms with Crippen molar-refractivity contribution in [3.63, 3.8) is 0 Å². The van der Waals surface area contributed by atoms with Crippen LogP contribution in [0.15, 0.2) is 65.2 Å². The number of carbonyl (C=O) groups excluding carboxylic acids is 1. The third-order valence-electron chi connectivity index (χ3n) is 7.11. The van der Waals surface area contributed by atoms with Crippen molar-refractivity contribution in [1.82, 2.24) is 24.4 Å². The Balaban J connectivity index is 1.66. The fourth-order valence-corrected chi connectivity index (χ4v) is 6.51. The summed E-state index contributed by atoms with van der Waals surface area (Å²) in [5, 5.41) is 0.691. The van der Waals surface area contributed by atoms with Crippen LogP contribution in [0.5, 0.6) is 0 Å². The Bertz CT molecular complexity index is 1600. The van der Waals surface area contributed by atoms with E-state index in [9.17, 15) is 13.2 Å². The molecular formula is C28H33N5O5S. The summed E-state index contributed by atoms with van der Waals surface area (Å²) < 4.78 is 41.4. The van der Waals surface area contributed by atoms with Crippen LogP contribution >= 0.6 is 0 Å². The number of hydrogen-bond donors (Lipinski definition) is 1. The molecule has 3 aromatic heterocycles. The second-order valence-corrected chi connectivity index (χ2v) is 11.8. The second-order valence-electron chi connectivity index (χ2n) is 9.98. The zero-order chi connectivity index (χ0) is 27.7. The van der Waals surface area contributed by atoms with E-state index in [1.165, 1.54) is 4.90 Å². The maximum Gasteiger partial charge on any atom is 0.409 e. The molecule has 0 spiro atoms. The number of benzene rings is 1. The highest BCUT2D eigenvalue weighted by Crippen LogP contribution is 2.40. The number of amides is 1. The van der Waals surface area contributed by atoms with Gasteiger partial charge >= 0.3 is 6.09 Å². The molecule has 10 nitrogen and oxygen atoms in total. The number of sulfone groups is 1. The molecule has 0 aliphatic heterocycles. The molecule has 1 aliphatic carbocycles. The van der Waals surface area contributed by atoms with Gasteiger partial charge in [-0.2, -0.15) is 0 Å². The van der Waals surface area contributed by atoms with E-state index in [1.807, 2.05) is 13.0 Å². The summed E-state index contributed by atoms with van der Waals surface area (Å²) in [6.07, 6.45) is 5.29. The second kappa shape index (κ2) is 10.8. The van der Waals surface area contributed by atoms with E-state index in [4.69, 9.17) is 14.5 Å². The summed E-state index contributed by atoms with van der Waals surface area (Å²) in [4.78, 5) is 26.2. The van der Waals surface area contributed by atoms with Gasteiger partial charge in [-0.15, -0.1) is 6.58 Å². The van der Waals surface area contributed by atoms with Crippen molar-refractivity contribution in [1.29, 1.82) is 0 Å². The van der Waals surface area contributed by atoms with E-state index in [2.05, 4.69) is 21.1 Å². The molecule has 11 heteroatoms. The highest BCUT2D eigenvalue weighted by atomic mass is 32.2. The van der Waals surface area contributed by atoms with Crippen LogP contribution in [0.2, 0.25) is 0 Å². The Morgan fingerprint density at radius 2 is 1.90 bits per heavy atom. The van der Waals surface area contributed by atoms with Gasteiger partial charge < -0.3 is 23.9 Å². The lowest BCUT2D eigenvalue weighted by molar-refractivity contribution is 0.0454. The normalized spacial score (nSPS) is 18.7. The van der Waals surface area contributed by atoms with Crippen LogP contribution < -0.4 is 0 Å². The van der Waals surface area contributed by atoms with Gasteiger partial charge in [0.1, 0.15) is 29.2 Å². The number of imidazole rings is 1. The lowest BCUT2D eigenvalue weighted by atomic mass is 9.92. The van der Waals surface area contributed by atoms with Gasteiger partial charge in [-0.05, 0) is 50.8 Å². The van der Waals surface area contributed by atoms with Gasteiger partial charge in [0.05, 0.1) is 17.0 Å². The highest BCUT2D eigenvalue weighted by Gasteiger charge is 2.33. The number of fused-ring (bicyclic) bond motifs is 3. The minimum Gasteiger partial charge on any atom is -0.446 e. The van der Waals surface area contributed by atoms with Crippen LogP contribution in [0.1, 0.15) is 50.6 Å². The standard InChI is InChI=1S/C28H33N5O5S/c1-5-17-37-18(2)26-30-23-24(33(26)19-11-13-20(14-12-19)38-28(34)32(3)4)22-15-16-29-25(22)31-27(23)39(35,36)21-9-7-6-8-10-21/h5-10,15-16,18-20H,1,11-14,17H2,2-4H3,(H,29,31)/t18-,19?,20?/m1/s1. The van der Waals surface area contributed by atoms with E-state index < -0.39 is 15.9 Å². The van der Waals surface area contributed by atoms with Crippen molar-refractivity contribution < 1.29 is 22.7 Å². The molecule has 0 saturated heterocycles. The molecule has 3 heterocycles. The minimum absolute atomic E-state index is 0.00173. The monoisotopic (exact) mass is 551 g/mol. The number of aromatic nitrogens is 4. The predicted molar refractivity (Wildman–Crippen MR) is 147 cm³/mol. The highest BCUT2D eigenvalue weighted by molar-refractivity contribution is 7.91. The summed E-state index contributed by atoms with van der Waals surface area (Å²) in [6.45, 7) is 5.97. The van der Waals surface area contributed by atoms with Crippen LogP contribution in [0, 0.1) is 0 Å². The number of nitrogens with one attached hydrogen (secondary N) is 1. The Hall–Kier alpha value is -3.70. The molecule has 1 saturated carbocycles. The molecule has 0 radical (unpaired) electrons. The SMILES string of the molecule is C=CCO[C@H](C)c1nc2c(S(=O)(=O)c3ccccc3)nc3[nH]ccc3c2n1C1CCC(OC(=O)N(C)C)CC1. The first kappa shape index (κ1) is 26.9.